The average Bonchev–Trinajstić information content (AvgIpc) is 2.63. The summed E-state index contributed by atoms with van der Waals surface area (Å²) in [5.74, 6) is 2.57. The minimum atomic E-state index is 0.599. The van der Waals surface area contributed by atoms with Crippen LogP contribution in [-0.2, 0) is 7.05 Å². The van der Waals surface area contributed by atoms with Crippen molar-refractivity contribution in [3.05, 3.63) is 28.6 Å². The molecule has 2 aromatic rings. The number of aryl methyl sites for hydroxylation is 1. The molecule has 0 unspecified atom stereocenters. The van der Waals surface area contributed by atoms with Crippen LogP contribution < -0.4 is 9.47 Å². The summed E-state index contributed by atoms with van der Waals surface area (Å²) in [6.07, 6.45) is 0. The molecule has 0 saturated heterocycles. The van der Waals surface area contributed by atoms with Crippen LogP contribution in [0.15, 0.2) is 22.8 Å². The molecule has 0 fully saturated rings. The molecule has 0 atom stereocenters. The molecule has 4 nitrogen and oxygen atoms in total. The molecule has 1 aromatic carbocycles. The van der Waals surface area contributed by atoms with Crippen molar-refractivity contribution in [3.63, 3.8) is 0 Å². The van der Waals surface area contributed by atoms with Crippen LogP contribution in [0.5, 0.6) is 11.5 Å². The van der Waals surface area contributed by atoms with Gasteiger partial charge in [-0.2, -0.15) is 0 Å². The van der Waals surface area contributed by atoms with E-state index in [1.165, 1.54) is 0 Å². The van der Waals surface area contributed by atoms with Gasteiger partial charge in [-0.25, -0.2) is 4.98 Å². The maximum Gasteiger partial charge on any atom is 0.162 e. The normalized spacial score (nSPS) is 13.7. The standard InChI is InChI=1S/C13H13BrN2O2/c1-8-15-13(14)12(16(8)2)9-3-4-10-11(7-9)18-6-5-17-10/h3-4,7H,5-6H2,1-2H3. The first-order valence-corrected chi connectivity index (χ1v) is 6.55. The van der Waals surface area contributed by atoms with E-state index in [0.29, 0.717) is 13.2 Å². The van der Waals surface area contributed by atoms with Crippen LogP contribution in [0.1, 0.15) is 5.82 Å². The summed E-state index contributed by atoms with van der Waals surface area (Å²) in [6.45, 7) is 3.19. The van der Waals surface area contributed by atoms with E-state index in [-0.39, 0.29) is 0 Å². The highest BCUT2D eigenvalue weighted by Crippen LogP contribution is 2.36. The number of ether oxygens (including phenoxy) is 2. The summed E-state index contributed by atoms with van der Waals surface area (Å²) in [7, 11) is 2.00. The van der Waals surface area contributed by atoms with Gasteiger partial charge in [0.1, 0.15) is 23.6 Å². The zero-order chi connectivity index (χ0) is 12.7. The van der Waals surface area contributed by atoms with Crippen LogP contribution in [0.4, 0.5) is 0 Å². The van der Waals surface area contributed by atoms with Gasteiger partial charge < -0.3 is 14.0 Å². The first-order chi connectivity index (χ1) is 8.66. The van der Waals surface area contributed by atoms with E-state index in [1.54, 1.807) is 0 Å². The second-order valence-electron chi connectivity index (χ2n) is 4.22. The lowest BCUT2D eigenvalue weighted by Gasteiger charge is -2.19. The maximum atomic E-state index is 5.60. The molecule has 0 bridgehead atoms. The third-order valence-electron chi connectivity index (χ3n) is 3.09. The fourth-order valence-electron chi connectivity index (χ4n) is 2.07. The molecule has 18 heavy (non-hydrogen) atoms. The number of imidazole rings is 1. The van der Waals surface area contributed by atoms with Crippen LogP contribution in [0.2, 0.25) is 0 Å². The molecule has 0 saturated carbocycles. The van der Waals surface area contributed by atoms with Gasteiger partial charge in [-0.05, 0) is 41.1 Å². The van der Waals surface area contributed by atoms with Gasteiger partial charge in [0, 0.05) is 12.6 Å². The van der Waals surface area contributed by atoms with Gasteiger partial charge in [-0.1, -0.05) is 0 Å². The number of halogens is 1. The lowest BCUT2D eigenvalue weighted by molar-refractivity contribution is 0.171. The van der Waals surface area contributed by atoms with E-state index >= 15 is 0 Å². The molecule has 0 radical (unpaired) electrons. The monoisotopic (exact) mass is 308 g/mol. The van der Waals surface area contributed by atoms with E-state index in [0.717, 1.165) is 33.2 Å². The van der Waals surface area contributed by atoms with Gasteiger partial charge in [0.15, 0.2) is 11.5 Å². The number of fused-ring (bicyclic) bond motifs is 1. The summed E-state index contributed by atoms with van der Waals surface area (Å²) in [6, 6.07) is 5.96. The predicted molar refractivity (Wildman–Crippen MR) is 72.1 cm³/mol. The second-order valence-corrected chi connectivity index (χ2v) is 4.97. The molecule has 5 heteroatoms. The molecule has 1 aliphatic rings. The van der Waals surface area contributed by atoms with E-state index in [1.807, 2.05) is 32.2 Å². The highest BCUT2D eigenvalue weighted by atomic mass is 79.9. The predicted octanol–water partition coefficient (Wildman–Crippen LogP) is 2.93. The van der Waals surface area contributed by atoms with Gasteiger partial charge in [0.2, 0.25) is 0 Å². The molecule has 2 heterocycles. The summed E-state index contributed by atoms with van der Waals surface area (Å²) >= 11 is 3.50. The van der Waals surface area contributed by atoms with Crippen molar-refractivity contribution in [2.24, 2.45) is 7.05 Å². The summed E-state index contributed by atoms with van der Waals surface area (Å²) in [5, 5.41) is 0. The third-order valence-corrected chi connectivity index (χ3v) is 3.64. The molecule has 1 aromatic heterocycles. The molecule has 0 amide bonds. The Labute approximate surface area is 114 Å². The SMILES string of the molecule is Cc1nc(Br)c(-c2ccc3c(c2)OCCO3)n1C. The molecule has 94 valence electrons. The lowest BCUT2D eigenvalue weighted by Crippen LogP contribution is -2.15. The molecule has 0 N–H and O–H groups in total. The topological polar surface area (TPSA) is 36.3 Å². The Morgan fingerprint density at radius 2 is 1.94 bits per heavy atom. The first kappa shape index (κ1) is 11.6. The Bertz CT molecular complexity index is 607. The van der Waals surface area contributed by atoms with Crippen molar-refractivity contribution >= 4 is 15.9 Å². The lowest BCUT2D eigenvalue weighted by atomic mass is 10.1. The molecule has 3 rings (SSSR count). The minimum Gasteiger partial charge on any atom is -0.486 e. The Morgan fingerprint density at radius 3 is 2.61 bits per heavy atom. The van der Waals surface area contributed by atoms with Gasteiger partial charge in [0.25, 0.3) is 0 Å². The summed E-state index contributed by atoms with van der Waals surface area (Å²) in [5.41, 5.74) is 2.11. The van der Waals surface area contributed by atoms with Gasteiger partial charge in [-0.15, -0.1) is 0 Å². The molecule has 0 aliphatic carbocycles. The van der Waals surface area contributed by atoms with Crippen molar-refractivity contribution in [2.45, 2.75) is 6.92 Å². The van der Waals surface area contributed by atoms with Gasteiger partial charge in [-0.3, -0.25) is 0 Å². The van der Waals surface area contributed by atoms with Gasteiger partial charge in [0.05, 0.1) is 5.69 Å². The zero-order valence-electron chi connectivity index (χ0n) is 10.2. The Balaban J connectivity index is 2.12. The maximum absolute atomic E-state index is 5.60. The van der Waals surface area contributed by atoms with Gasteiger partial charge >= 0.3 is 0 Å². The van der Waals surface area contributed by atoms with E-state index in [2.05, 4.69) is 25.5 Å². The molecule has 1 aliphatic heterocycles. The van der Waals surface area contributed by atoms with Crippen LogP contribution in [0.25, 0.3) is 11.3 Å². The van der Waals surface area contributed by atoms with E-state index < -0.39 is 0 Å². The van der Waals surface area contributed by atoms with Crippen molar-refractivity contribution in [1.82, 2.24) is 9.55 Å². The Kier molecular flexibility index (Phi) is 2.78. The zero-order valence-corrected chi connectivity index (χ0v) is 11.8. The van der Waals surface area contributed by atoms with Crippen LogP contribution >= 0.6 is 15.9 Å². The first-order valence-electron chi connectivity index (χ1n) is 5.75. The number of benzene rings is 1. The Morgan fingerprint density at radius 1 is 1.22 bits per heavy atom. The van der Waals surface area contributed by atoms with Crippen molar-refractivity contribution in [2.75, 3.05) is 13.2 Å². The molecular weight excluding hydrogens is 296 g/mol. The number of nitrogens with zero attached hydrogens (tertiary/aromatic N) is 2. The van der Waals surface area contributed by atoms with E-state index in [9.17, 15) is 0 Å². The quantitative estimate of drug-likeness (QED) is 0.812. The summed E-state index contributed by atoms with van der Waals surface area (Å²) < 4.78 is 14.0. The average molecular weight is 309 g/mol. The number of hydrogen-bond donors (Lipinski definition) is 0. The smallest absolute Gasteiger partial charge is 0.162 e. The summed E-state index contributed by atoms with van der Waals surface area (Å²) in [4.78, 5) is 4.41. The highest BCUT2D eigenvalue weighted by Gasteiger charge is 2.16. The highest BCUT2D eigenvalue weighted by molar-refractivity contribution is 9.10. The van der Waals surface area contributed by atoms with Crippen molar-refractivity contribution in [1.29, 1.82) is 0 Å². The van der Waals surface area contributed by atoms with Crippen LogP contribution in [-0.4, -0.2) is 22.8 Å². The van der Waals surface area contributed by atoms with Crippen molar-refractivity contribution in [3.8, 4) is 22.8 Å². The van der Waals surface area contributed by atoms with Crippen LogP contribution in [0.3, 0.4) is 0 Å². The largest absolute Gasteiger partial charge is 0.486 e. The fourth-order valence-corrected chi connectivity index (χ4v) is 2.83. The second kappa shape index (κ2) is 4.31. The number of hydrogen-bond acceptors (Lipinski definition) is 3. The van der Waals surface area contributed by atoms with E-state index in [4.69, 9.17) is 9.47 Å². The number of aromatic nitrogens is 2. The van der Waals surface area contributed by atoms with Crippen molar-refractivity contribution < 1.29 is 9.47 Å². The minimum absolute atomic E-state index is 0.599. The Hall–Kier alpha value is -1.49. The van der Waals surface area contributed by atoms with Crippen LogP contribution in [0, 0.1) is 6.92 Å². The number of rotatable bonds is 1. The molecule has 0 spiro atoms. The third kappa shape index (κ3) is 1.79. The molecular formula is C13H13BrN2O2. The fraction of sp³-hybridized carbons (Fsp3) is 0.308.